The molecule has 0 aliphatic carbocycles. The molecule has 19 heavy (non-hydrogen) atoms. The maximum absolute atomic E-state index is 4.46. The van der Waals surface area contributed by atoms with Crippen molar-refractivity contribution in [1.82, 2.24) is 15.1 Å². The molecule has 3 nitrogen and oxygen atoms in total. The minimum absolute atomic E-state index is 0.965. The highest BCUT2D eigenvalue weighted by atomic mass is 15.3. The maximum atomic E-state index is 4.46. The molecule has 1 heterocycles. The molecule has 0 aliphatic rings. The molecule has 1 aromatic rings. The van der Waals surface area contributed by atoms with Crippen LogP contribution >= 0.6 is 0 Å². The van der Waals surface area contributed by atoms with Crippen molar-refractivity contribution >= 4 is 0 Å². The molecule has 1 N–H and O–H groups in total. The molecule has 3 heteroatoms. The number of unbranched alkanes of at least 4 members (excludes halogenated alkanes) is 6. The van der Waals surface area contributed by atoms with Crippen LogP contribution in [0.2, 0.25) is 0 Å². The van der Waals surface area contributed by atoms with Gasteiger partial charge in [-0.3, -0.25) is 4.68 Å². The quantitative estimate of drug-likeness (QED) is 0.616. The van der Waals surface area contributed by atoms with Crippen LogP contribution in [0.5, 0.6) is 0 Å². The van der Waals surface area contributed by atoms with Gasteiger partial charge >= 0.3 is 0 Å². The van der Waals surface area contributed by atoms with Crippen molar-refractivity contribution in [3.63, 3.8) is 0 Å². The lowest BCUT2D eigenvalue weighted by molar-refractivity contribution is 0.562. The fraction of sp³-hybridized carbons (Fsp3) is 0.812. The van der Waals surface area contributed by atoms with E-state index in [-0.39, 0.29) is 0 Å². The molecule has 0 unspecified atom stereocenters. The summed E-state index contributed by atoms with van der Waals surface area (Å²) in [7, 11) is 2.00. The third kappa shape index (κ3) is 6.76. The monoisotopic (exact) mass is 265 g/mol. The molecule has 0 fully saturated rings. The molecule has 0 aliphatic heterocycles. The van der Waals surface area contributed by atoms with E-state index in [0.717, 1.165) is 19.5 Å². The van der Waals surface area contributed by atoms with Crippen molar-refractivity contribution in [3.05, 3.63) is 17.5 Å². The topological polar surface area (TPSA) is 29.9 Å². The zero-order valence-electron chi connectivity index (χ0n) is 13.0. The first-order chi connectivity index (χ1) is 9.27. The maximum Gasteiger partial charge on any atom is 0.0666 e. The molecule has 0 spiro atoms. The van der Waals surface area contributed by atoms with E-state index in [1.54, 1.807) is 0 Å². The summed E-state index contributed by atoms with van der Waals surface area (Å²) in [5.74, 6) is 0. The van der Waals surface area contributed by atoms with E-state index in [1.807, 2.05) is 11.7 Å². The summed E-state index contributed by atoms with van der Waals surface area (Å²) in [5.41, 5.74) is 2.59. The first-order valence-electron chi connectivity index (χ1n) is 8.00. The first kappa shape index (κ1) is 16.2. The Hall–Kier alpha value is -0.830. The molecule has 0 saturated carbocycles. The number of aryl methyl sites for hydroxylation is 2. The van der Waals surface area contributed by atoms with Crippen molar-refractivity contribution in [2.45, 2.75) is 71.8 Å². The Morgan fingerprint density at radius 1 is 1.05 bits per heavy atom. The average Bonchev–Trinajstić information content (AvgIpc) is 2.77. The lowest BCUT2D eigenvalue weighted by atomic mass is 10.1. The zero-order valence-corrected chi connectivity index (χ0v) is 13.0. The van der Waals surface area contributed by atoms with Crippen molar-refractivity contribution in [2.75, 3.05) is 6.54 Å². The summed E-state index contributed by atoms with van der Waals surface area (Å²) >= 11 is 0. The van der Waals surface area contributed by atoms with Crippen LogP contribution in [0, 0.1) is 0 Å². The van der Waals surface area contributed by atoms with Gasteiger partial charge in [0.15, 0.2) is 0 Å². The van der Waals surface area contributed by atoms with Gasteiger partial charge < -0.3 is 5.32 Å². The van der Waals surface area contributed by atoms with E-state index in [0.29, 0.717) is 0 Å². The highest BCUT2D eigenvalue weighted by Crippen LogP contribution is 2.08. The normalized spacial score (nSPS) is 11.1. The summed E-state index contributed by atoms with van der Waals surface area (Å²) in [4.78, 5) is 0. The summed E-state index contributed by atoms with van der Waals surface area (Å²) in [6.45, 7) is 6.54. The van der Waals surface area contributed by atoms with Gasteiger partial charge in [0.2, 0.25) is 0 Å². The predicted octanol–water partition coefficient (Wildman–Crippen LogP) is 3.82. The number of hydrogen-bond acceptors (Lipinski definition) is 2. The van der Waals surface area contributed by atoms with Gasteiger partial charge in [0.25, 0.3) is 0 Å². The Morgan fingerprint density at radius 2 is 1.74 bits per heavy atom. The molecule has 0 aromatic carbocycles. The molecule has 1 rings (SSSR count). The number of nitrogens with zero attached hydrogens (tertiary/aromatic N) is 2. The van der Waals surface area contributed by atoms with Crippen LogP contribution in [0.25, 0.3) is 0 Å². The molecular weight excluding hydrogens is 234 g/mol. The van der Waals surface area contributed by atoms with E-state index >= 15 is 0 Å². The van der Waals surface area contributed by atoms with Crippen LogP contribution in [0.1, 0.15) is 70.1 Å². The standard InChI is InChI=1S/C16H31N3/c1-4-6-7-8-9-10-11-12-17-13-15-14-19(3)18-16(15)5-2/h14,17H,4-13H2,1-3H3. The second-order valence-corrected chi connectivity index (χ2v) is 5.43. The van der Waals surface area contributed by atoms with E-state index in [2.05, 4.69) is 30.5 Å². The van der Waals surface area contributed by atoms with Crippen LogP contribution in [-0.2, 0) is 20.0 Å². The number of rotatable bonds is 11. The number of nitrogens with one attached hydrogen (secondary N) is 1. The van der Waals surface area contributed by atoms with Gasteiger partial charge in [-0.25, -0.2) is 0 Å². The van der Waals surface area contributed by atoms with Gasteiger partial charge in [0.05, 0.1) is 5.69 Å². The summed E-state index contributed by atoms with van der Waals surface area (Å²) < 4.78 is 1.92. The lowest BCUT2D eigenvalue weighted by Crippen LogP contribution is -2.15. The van der Waals surface area contributed by atoms with Crippen molar-refractivity contribution in [2.24, 2.45) is 7.05 Å². The van der Waals surface area contributed by atoms with Gasteiger partial charge in [0, 0.05) is 25.4 Å². The van der Waals surface area contributed by atoms with Crippen molar-refractivity contribution < 1.29 is 0 Å². The van der Waals surface area contributed by atoms with Gasteiger partial charge in [-0.1, -0.05) is 52.4 Å². The second kappa shape index (κ2) is 10.0. The fourth-order valence-electron chi connectivity index (χ4n) is 2.46. The van der Waals surface area contributed by atoms with Gasteiger partial charge in [-0.2, -0.15) is 5.10 Å². The lowest BCUT2D eigenvalue weighted by Gasteiger charge is -2.04. The molecule has 0 radical (unpaired) electrons. The van der Waals surface area contributed by atoms with Gasteiger partial charge in [0.1, 0.15) is 0 Å². The summed E-state index contributed by atoms with van der Waals surface area (Å²) in [6, 6.07) is 0. The van der Waals surface area contributed by atoms with Gasteiger partial charge in [-0.15, -0.1) is 0 Å². The van der Waals surface area contributed by atoms with Crippen LogP contribution < -0.4 is 5.32 Å². The predicted molar refractivity (Wildman–Crippen MR) is 82.3 cm³/mol. The minimum atomic E-state index is 0.965. The summed E-state index contributed by atoms with van der Waals surface area (Å²) in [5, 5.41) is 8.00. The zero-order chi connectivity index (χ0) is 13.9. The molecule has 0 bridgehead atoms. The third-order valence-corrected chi connectivity index (χ3v) is 3.60. The Morgan fingerprint density at radius 3 is 2.42 bits per heavy atom. The molecule has 0 amide bonds. The van der Waals surface area contributed by atoms with Crippen LogP contribution in [0.3, 0.4) is 0 Å². The Bertz CT molecular complexity index is 331. The molecular formula is C16H31N3. The van der Waals surface area contributed by atoms with Crippen molar-refractivity contribution in [1.29, 1.82) is 0 Å². The first-order valence-corrected chi connectivity index (χ1v) is 8.00. The summed E-state index contributed by atoms with van der Waals surface area (Å²) in [6.07, 6.45) is 12.8. The van der Waals surface area contributed by atoms with Crippen molar-refractivity contribution in [3.8, 4) is 0 Å². The van der Waals surface area contributed by atoms with E-state index in [9.17, 15) is 0 Å². The molecule has 110 valence electrons. The third-order valence-electron chi connectivity index (χ3n) is 3.60. The van der Waals surface area contributed by atoms with Crippen LogP contribution in [0.15, 0.2) is 6.20 Å². The Labute approximate surface area is 118 Å². The van der Waals surface area contributed by atoms with E-state index in [1.165, 1.54) is 56.2 Å². The fourth-order valence-corrected chi connectivity index (χ4v) is 2.46. The Kier molecular flexibility index (Phi) is 8.55. The highest BCUT2D eigenvalue weighted by Gasteiger charge is 2.04. The largest absolute Gasteiger partial charge is 0.313 e. The van der Waals surface area contributed by atoms with E-state index in [4.69, 9.17) is 0 Å². The average molecular weight is 265 g/mol. The molecule has 0 saturated heterocycles. The second-order valence-electron chi connectivity index (χ2n) is 5.43. The smallest absolute Gasteiger partial charge is 0.0666 e. The van der Waals surface area contributed by atoms with Gasteiger partial charge in [-0.05, 0) is 19.4 Å². The minimum Gasteiger partial charge on any atom is -0.313 e. The van der Waals surface area contributed by atoms with Crippen LogP contribution in [0.4, 0.5) is 0 Å². The number of aromatic nitrogens is 2. The number of hydrogen-bond donors (Lipinski definition) is 1. The molecule has 0 atom stereocenters. The van der Waals surface area contributed by atoms with E-state index < -0.39 is 0 Å². The van der Waals surface area contributed by atoms with Crippen LogP contribution in [-0.4, -0.2) is 16.3 Å². The molecule has 1 aromatic heterocycles. The SMILES string of the molecule is CCCCCCCCCNCc1cn(C)nc1CC. The highest BCUT2D eigenvalue weighted by molar-refractivity contribution is 5.16. The Balaban J connectivity index is 2.01.